The van der Waals surface area contributed by atoms with Crippen LogP contribution >= 0.6 is 0 Å². The number of Topliss-reactive ketones (excluding diaryl/α,β-unsaturated/α-hetero) is 2. The van der Waals surface area contributed by atoms with Gasteiger partial charge in [-0.15, -0.1) is 0 Å². The van der Waals surface area contributed by atoms with Crippen molar-refractivity contribution in [3.05, 3.63) is 132 Å². The minimum Gasteiger partial charge on any atom is -0.454 e. The highest BCUT2D eigenvalue weighted by Crippen LogP contribution is 2.20. The van der Waals surface area contributed by atoms with Crippen LogP contribution in [0.3, 0.4) is 0 Å². The molecule has 0 bridgehead atoms. The maximum Gasteiger partial charge on any atom is 0.331 e. The predicted molar refractivity (Wildman–Crippen MR) is 143 cm³/mol. The summed E-state index contributed by atoms with van der Waals surface area (Å²) >= 11 is 0. The van der Waals surface area contributed by atoms with E-state index in [4.69, 9.17) is 9.47 Å². The van der Waals surface area contributed by atoms with Crippen LogP contribution in [0.1, 0.15) is 20.7 Å². The Kier molecular flexibility index (Phi) is 8.71. The molecule has 4 aromatic rings. The lowest BCUT2D eigenvalue weighted by Gasteiger charge is -2.05. The molecular formula is C32H24O6. The van der Waals surface area contributed by atoms with Crippen molar-refractivity contribution < 1.29 is 28.7 Å². The average molecular weight is 505 g/mol. The van der Waals surface area contributed by atoms with E-state index in [0.717, 1.165) is 34.4 Å². The third kappa shape index (κ3) is 7.21. The largest absolute Gasteiger partial charge is 0.454 e. The van der Waals surface area contributed by atoms with Crippen LogP contribution in [0.25, 0.3) is 22.3 Å². The highest BCUT2D eigenvalue weighted by Gasteiger charge is 2.11. The smallest absolute Gasteiger partial charge is 0.331 e. The predicted octanol–water partition coefficient (Wildman–Crippen LogP) is 5.73. The SMILES string of the molecule is O=C(/C=C/C(=O)OCC(=O)c1ccc(-c2ccccc2)cc1)OCC(=O)c1ccc(-c2ccccc2)cc1. The summed E-state index contributed by atoms with van der Waals surface area (Å²) in [7, 11) is 0. The molecule has 4 aromatic carbocycles. The van der Waals surface area contributed by atoms with E-state index in [1.165, 1.54) is 0 Å². The third-order valence-electron chi connectivity index (χ3n) is 5.67. The number of carbonyl (C=O) groups excluding carboxylic acids is 4. The van der Waals surface area contributed by atoms with Crippen LogP contribution in [-0.4, -0.2) is 36.7 Å². The Morgan fingerprint density at radius 2 is 0.763 bits per heavy atom. The van der Waals surface area contributed by atoms with Crippen molar-refractivity contribution in [3.63, 3.8) is 0 Å². The zero-order chi connectivity index (χ0) is 26.7. The van der Waals surface area contributed by atoms with E-state index < -0.39 is 25.2 Å². The Bertz CT molecular complexity index is 1320. The van der Waals surface area contributed by atoms with Crippen LogP contribution in [0.2, 0.25) is 0 Å². The summed E-state index contributed by atoms with van der Waals surface area (Å²) < 4.78 is 9.83. The normalized spacial score (nSPS) is 10.6. The van der Waals surface area contributed by atoms with E-state index in [-0.39, 0.29) is 11.6 Å². The second kappa shape index (κ2) is 12.7. The van der Waals surface area contributed by atoms with Gasteiger partial charge in [0.1, 0.15) is 0 Å². The number of hydrogen-bond donors (Lipinski definition) is 0. The second-order valence-electron chi connectivity index (χ2n) is 8.28. The van der Waals surface area contributed by atoms with Crippen LogP contribution in [0.15, 0.2) is 121 Å². The molecule has 0 saturated carbocycles. The zero-order valence-corrected chi connectivity index (χ0v) is 20.4. The lowest BCUT2D eigenvalue weighted by Crippen LogP contribution is -2.14. The van der Waals surface area contributed by atoms with Crippen LogP contribution in [0.5, 0.6) is 0 Å². The molecule has 0 amide bonds. The lowest BCUT2D eigenvalue weighted by atomic mass is 10.0. The Labute approximate surface area is 220 Å². The number of hydrogen-bond acceptors (Lipinski definition) is 6. The molecule has 0 N–H and O–H groups in total. The van der Waals surface area contributed by atoms with E-state index in [0.29, 0.717) is 11.1 Å². The quantitative estimate of drug-likeness (QED) is 0.156. The molecule has 0 aliphatic carbocycles. The molecule has 0 aliphatic heterocycles. The maximum absolute atomic E-state index is 12.3. The van der Waals surface area contributed by atoms with Gasteiger partial charge in [0.15, 0.2) is 24.8 Å². The van der Waals surface area contributed by atoms with Crippen molar-refractivity contribution >= 4 is 23.5 Å². The van der Waals surface area contributed by atoms with E-state index in [1.807, 2.05) is 84.9 Å². The summed E-state index contributed by atoms with van der Waals surface area (Å²) in [6, 6.07) is 33.4. The van der Waals surface area contributed by atoms with Crippen molar-refractivity contribution in [1.82, 2.24) is 0 Å². The Morgan fingerprint density at radius 3 is 1.11 bits per heavy atom. The van der Waals surface area contributed by atoms with Crippen LogP contribution < -0.4 is 0 Å². The topological polar surface area (TPSA) is 86.7 Å². The molecule has 0 radical (unpaired) electrons. The highest BCUT2D eigenvalue weighted by molar-refractivity contribution is 6.00. The van der Waals surface area contributed by atoms with Gasteiger partial charge >= 0.3 is 11.9 Å². The summed E-state index contributed by atoms with van der Waals surface area (Å²) in [6.07, 6.45) is 1.71. The van der Waals surface area contributed by atoms with Gasteiger partial charge in [0, 0.05) is 23.3 Å². The molecule has 0 aliphatic rings. The number of benzene rings is 4. The Balaban J connectivity index is 1.20. The molecule has 0 heterocycles. The molecular weight excluding hydrogens is 480 g/mol. The van der Waals surface area contributed by atoms with Crippen LogP contribution in [0, 0.1) is 0 Å². The fraction of sp³-hybridized carbons (Fsp3) is 0.0625. The van der Waals surface area contributed by atoms with Gasteiger partial charge < -0.3 is 9.47 Å². The number of ketones is 2. The molecule has 38 heavy (non-hydrogen) atoms. The maximum atomic E-state index is 12.3. The lowest BCUT2D eigenvalue weighted by molar-refractivity contribution is -0.139. The average Bonchev–Trinajstić information content (AvgIpc) is 2.98. The van der Waals surface area contributed by atoms with Crippen molar-refractivity contribution in [3.8, 4) is 22.3 Å². The summed E-state index contributed by atoms with van der Waals surface area (Å²) in [4.78, 5) is 48.4. The van der Waals surface area contributed by atoms with Crippen molar-refractivity contribution in [1.29, 1.82) is 0 Å². The molecule has 6 nitrogen and oxygen atoms in total. The van der Waals surface area contributed by atoms with E-state index >= 15 is 0 Å². The van der Waals surface area contributed by atoms with Gasteiger partial charge in [0.2, 0.25) is 0 Å². The third-order valence-corrected chi connectivity index (χ3v) is 5.67. The van der Waals surface area contributed by atoms with Gasteiger partial charge in [0.05, 0.1) is 0 Å². The van der Waals surface area contributed by atoms with Crippen LogP contribution in [-0.2, 0) is 19.1 Å². The molecule has 0 spiro atoms. The molecule has 188 valence electrons. The van der Waals surface area contributed by atoms with E-state index in [9.17, 15) is 19.2 Å². The zero-order valence-electron chi connectivity index (χ0n) is 20.4. The number of ether oxygens (including phenoxy) is 2. The fourth-order valence-corrected chi connectivity index (χ4v) is 3.63. The van der Waals surface area contributed by atoms with Gasteiger partial charge in [-0.3, -0.25) is 9.59 Å². The fourth-order valence-electron chi connectivity index (χ4n) is 3.63. The van der Waals surface area contributed by atoms with Gasteiger partial charge in [-0.05, 0) is 22.3 Å². The number of rotatable bonds is 10. The summed E-state index contributed by atoms with van der Waals surface area (Å²) in [5.41, 5.74) is 4.77. The van der Waals surface area contributed by atoms with Crippen LogP contribution in [0.4, 0.5) is 0 Å². The first-order valence-electron chi connectivity index (χ1n) is 11.9. The van der Waals surface area contributed by atoms with Gasteiger partial charge in [-0.25, -0.2) is 9.59 Å². The summed E-state index contributed by atoms with van der Waals surface area (Å²) in [6.45, 7) is -0.944. The van der Waals surface area contributed by atoms with E-state index in [2.05, 4.69) is 0 Å². The minimum absolute atomic E-state index is 0.377. The summed E-state index contributed by atoms with van der Waals surface area (Å²) in [5, 5.41) is 0. The molecule has 0 aromatic heterocycles. The molecule has 0 unspecified atom stereocenters. The molecule has 0 saturated heterocycles. The second-order valence-corrected chi connectivity index (χ2v) is 8.28. The minimum atomic E-state index is -0.876. The van der Waals surface area contributed by atoms with Gasteiger partial charge in [-0.2, -0.15) is 0 Å². The first-order valence-corrected chi connectivity index (χ1v) is 11.9. The van der Waals surface area contributed by atoms with Crippen molar-refractivity contribution in [2.45, 2.75) is 0 Å². The standard InChI is InChI=1S/C32H24O6/c33-29(27-15-11-25(12-16-27)23-7-3-1-4-8-23)21-37-31(35)19-20-32(36)38-22-30(34)28-17-13-26(14-18-28)24-9-5-2-6-10-24/h1-20H,21-22H2/b20-19+. The number of esters is 2. The van der Waals surface area contributed by atoms with Crippen molar-refractivity contribution in [2.75, 3.05) is 13.2 Å². The molecule has 0 atom stereocenters. The molecule has 4 rings (SSSR count). The summed E-state index contributed by atoms with van der Waals surface area (Å²) in [5.74, 6) is -2.51. The van der Waals surface area contributed by atoms with Crippen molar-refractivity contribution in [2.24, 2.45) is 0 Å². The van der Waals surface area contributed by atoms with Gasteiger partial charge in [0.25, 0.3) is 0 Å². The Hall–Kier alpha value is -5.10. The first-order chi connectivity index (χ1) is 18.5. The number of carbonyl (C=O) groups is 4. The Morgan fingerprint density at radius 1 is 0.447 bits per heavy atom. The first kappa shape index (κ1) is 26.0. The van der Waals surface area contributed by atoms with E-state index in [1.54, 1.807) is 24.3 Å². The highest BCUT2D eigenvalue weighted by atomic mass is 16.5. The molecule has 0 fully saturated rings. The monoisotopic (exact) mass is 504 g/mol. The molecule has 6 heteroatoms. The van der Waals surface area contributed by atoms with Gasteiger partial charge in [-0.1, -0.05) is 109 Å².